The second kappa shape index (κ2) is 7.73. The molecule has 0 aromatic carbocycles. The van der Waals surface area contributed by atoms with Gasteiger partial charge in [0.2, 0.25) is 5.91 Å². The Bertz CT molecular complexity index is 414. The van der Waals surface area contributed by atoms with E-state index in [1.54, 1.807) is 0 Å². The van der Waals surface area contributed by atoms with Crippen molar-refractivity contribution in [2.75, 3.05) is 18.8 Å². The maximum absolute atomic E-state index is 11.6. The molecule has 1 saturated heterocycles. The van der Waals surface area contributed by atoms with Gasteiger partial charge in [-0.2, -0.15) is 0 Å². The Morgan fingerprint density at radius 2 is 2.00 bits per heavy atom. The number of carboxylic acids is 2. The van der Waals surface area contributed by atoms with Crippen LogP contribution < -0.4 is 5.32 Å². The fourth-order valence-corrected chi connectivity index (χ4v) is 2.51. The molecule has 1 rings (SSSR count). The second-order valence-corrected chi connectivity index (χ2v) is 5.29. The van der Waals surface area contributed by atoms with Crippen LogP contribution in [0.1, 0.15) is 19.3 Å². The highest BCUT2D eigenvalue weighted by atomic mass is 32.2. The molecule has 0 aromatic heterocycles. The molecule has 112 valence electrons. The Balaban J connectivity index is 2.35. The maximum atomic E-state index is 11.6. The van der Waals surface area contributed by atoms with Crippen LogP contribution >= 0.6 is 11.8 Å². The number of carbonyl (C=O) groups is 4. The minimum atomic E-state index is -1.27. The number of thioether (sulfide) groups is 1. The molecule has 1 heterocycles. The summed E-state index contributed by atoms with van der Waals surface area (Å²) in [6, 6.07) is -1.22. The molecule has 0 spiro atoms. The summed E-state index contributed by atoms with van der Waals surface area (Å²) in [4.78, 5) is 45.7. The van der Waals surface area contributed by atoms with Gasteiger partial charge in [-0.3, -0.25) is 14.4 Å². The monoisotopic (exact) mass is 304 g/mol. The number of nitrogens with zero attached hydrogens (tertiary/aromatic N) is 1. The molecule has 0 bridgehead atoms. The number of carboxylic acid groups (broad SMARTS) is 2. The van der Waals surface area contributed by atoms with Gasteiger partial charge in [0.25, 0.3) is 5.24 Å². The molecule has 1 aliphatic rings. The summed E-state index contributed by atoms with van der Waals surface area (Å²) in [5, 5.41) is 19.6. The third kappa shape index (κ3) is 5.47. The van der Waals surface area contributed by atoms with Crippen molar-refractivity contribution in [2.45, 2.75) is 25.3 Å². The fraction of sp³-hybridized carbons (Fsp3) is 0.636. The number of carbonyl (C=O) groups excluding carboxylic acids is 2. The van der Waals surface area contributed by atoms with E-state index in [4.69, 9.17) is 10.2 Å². The second-order valence-electron chi connectivity index (χ2n) is 4.24. The molecule has 3 N–H and O–H groups in total. The minimum Gasteiger partial charge on any atom is -0.481 e. The zero-order chi connectivity index (χ0) is 15.1. The Hall–Kier alpha value is -1.77. The Morgan fingerprint density at radius 3 is 2.50 bits per heavy atom. The molecule has 9 heteroatoms. The van der Waals surface area contributed by atoms with Gasteiger partial charge in [-0.05, 0) is 6.42 Å². The molecule has 20 heavy (non-hydrogen) atoms. The largest absolute Gasteiger partial charge is 0.481 e. The zero-order valence-corrected chi connectivity index (χ0v) is 11.5. The van der Waals surface area contributed by atoms with Crippen molar-refractivity contribution in [3.63, 3.8) is 0 Å². The number of rotatable bonds is 8. The number of hydrogen-bond donors (Lipinski definition) is 3. The van der Waals surface area contributed by atoms with Crippen molar-refractivity contribution < 1.29 is 29.4 Å². The molecular formula is C11H16N2O6S. The third-order valence-corrected chi connectivity index (χ3v) is 3.63. The summed E-state index contributed by atoms with van der Waals surface area (Å²) in [7, 11) is 0. The van der Waals surface area contributed by atoms with Crippen molar-refractivity contribution >= 4 is 34.8 Å². The van der Waals surface area contributed by atoms with Crippen LogP contribution in [0.15, 0.2) is 0 Å². The average molecular weight is 304 g/mol. The van der Waals surface area contributed by atoms with E-state index in [1.807, 2.05) is 0 Å². The summed E-state index contributed by atoms with van der Waals surface area (Å²) in [5.74, 6) is -2.21. The number of nitrogens with one attached hydrogen (secondary N) is 1. The molecule has 1 fully saturated rings. The first-order valence-electron chi connectivity index (χ1n) is 6.06. The summed E-state index contributed by atoms with van der Waals surface area (Å²) in [5.41, 5.74) is 0. The number of amides is 2. The van der Waals surface area contributed by atoms with Gasteiger partial charge >= 0.3 is 11.9 Å². The van der Waals surface area contributed by atoms with Gasteiger partial charge in [-0.25, -0.2) is 4.79 Å². The molecule has 0 aliphatic carbocycles. The molecule has 0 aromatic rings. The van der Waals surface area contributed by atoms with E-state index >= 15 is 0 Å². The Labute approximate surface area is 119 Å². The SMILES string of the molecule is O=C(O)CCC(NC(=O)CCN1CCSC1=O)C(=O)O. The molecule has 1 aliphatic heterocycles. The lowest BCUT2D eigenvalue weighted by molar-refractivity contribution is -0.143. The fourth-order valence-electron chi connectivity index (χ4n) is 1.66. The topological polar surface area (TPSA) is 124 Å². The van der Waals surface area contributed by atoms with Crippen molar-refractivity contribution in [1.29, 1.82) is 0 Å². The van der Waals surface area contributed by atoms with Crippen LogP contribution in [0, 0.1) is 0 Å². The highest BCUT2D eigenvalue weighted by Crippen LogP contribution is 2.16. The van der Waals surface area contributed by atoms with Crippen molar-refractivity contribution in [3.8, 4) is 0 Å². The highest BCUT2D eigenvalue weighted by molar-refractivity contribution is 8.13. The van der Waals surface area contributed by atoms with Crippen molar-refractivity contribution in [1.82, 2.24) is 10.2 Å². The molecular weight excluding hydrogens is 288 g/mol. The zero-order valence-electron chi connectivity index (χ0n) is 10.7. The van der Waals surface area contributed by atoms with E-state index < -0.39 is 23.9 Å². The number of hydrogen-bond acceptors (Lipinski definition) is 5. The quantitative estimate of drug-likeness (QED) is 0.575. The van der Waals surface area contributed by atoms with E-state index in [-0.39, 0.29) is 31.0 Å². The van der Waals surface area contributed by atoms with Crippen LogP contribution in [-0.2, 0) is 14.4 Å². The molecule has 1 atom stereocenters. The van der Waals surface area contributed by atoms with Gasteiger partial charge in [-0.1, -0.05) is 11.8 Å². The van der Waals surface area contributed by atoms with Crippen LogP contribution in [0.4, 0.5) is 4.79 Å². The Kier molecular flexibility index (Phi) is 6.29. The van der Waals surface area contributed by atoms with E-state index in [0.29, 0.717) is 12.3 Å². The lowest BCUT2D eigenvalue weighted by Gasteiger charge is -2.16. The summed E-state index contributed by atoms with van der Waals surface area (Å²) < 4.78 is 0. The third-order valence-electron chi connectivity index (χ3n) is 2.73. The molecule has 0 saturated carbocycles. The van der Waals surface area contributed by atoms with Crippen LogP contribution in [0.25, 0.3) is 0 Å². The predicted molar refractivity (Wildman–Crippen MR) is 70.5 cm³/mol. The van der Waals surface area contributed by atoms with Crippen molar-refractivity contribution in [2.24, 2.45) is 0 Å². The van der Waals surface area contributed by atoms with Crippen LogP contribution in [-0.4, -0.2) is 63.1 Å². The summed E-state index contributed by atoms with van der Waals surface area (Å²) in [6.07, 6.45) is -0.503. The molecule has 2 amide bonds. The Morgan fingerprint density at radius 1 is 1.30 bits per heavy atom. The minimum absolute atomic E-state index is 0.00313. The summed E-state index contributed by atoms with van der Waals surface area (Å²) >= 11 is 1.18. The first-order chi connectivity index (χ1) is 9.40. The van der Waals surface area contributed by atoms with Gasteiger partial charge in [0, 0.05) is 31.7 Å². The van der Waals surface area contributed by atoms with Crippen molar-refractivity contribution in [3.05, 3.63) is 0 Å². The van der Waals surface area contributed by atoms with E-state index in [0.717, 1.165) is 0 Å². The lowest BCUT2D eigenvalue weighted by Crippen LogP contribution is -2.42. The van der Waals surface area contributed by atoms with Gasteiger partial charge in [0.05, 0.1) is 0 Å². The van der Waals surface area contributed by atoms with Gasteiger partial charge < -0.3 is 20.4 Å². The molecule has 0 radical (unpaired) electrons. The highest BCUT2D eigenvalue weighted by Gasteiger charge is 2.24. The lowest BCUT2D eigenvalue weighted by atomic mass is 10.1. The average Bonchev–Trinajstić information content (AvgIpc) is 2.77. The summed E-state index contributed by atoms with van der Waals surface area (Å²) in [6.45, 7) is 0.821. The number of aliphatic carboxylic acids is 2. The standard InChI is InChI=1S/C11H16N2O6S/c14-8(3-4-13-5-6-20-11(13)19)12-7(10(17)18)1-2-9(15)16/h7H,1-6H2,(H,12,14)(H,15,16)(H,17,18). The van der Waals surface area contributed by atoms with Crippen LogP contribution in [0.2, 0.25) is 0 Å². The van der Waals surface area contributed by atoms with Crippen LogP contribution in [0.5, 0.6) is 0 Å². The first-order valence-corrected chi connectivity index (χ1v) is 7.04. The molecule has 8 nitrogen and oxygen atoms in total. The van der Waals surface area contributed by atoms with Gasteiger partial charge in [0.1, 0.15) is 6.04 Å². The maximum Gasteiger partial charge on any atom is 0.326 e. The molecule has 1 unspecified atom stereocenters. The van der Waals surface area contributed by atoms with E-state index in [1.165, 1.54) is 16.7 Å². The smallest absolute Gasteiger partial charge is 0.326 e. The van der Waals surface area contributed by atoms with Gasteiger partial charge in [0.15, 0.2) is 0 Å². The van der Waals surface area contributed by atoms with Crippen LogP contribution in [0.3, 0.4) is 0 Å². The van der Waals surface area contributed by atoms with Gasteiger partial charge in [-0.15, -0.1) is 0 Å². The van der Waals surface area contributed by atoms with E-state index in [9.17, 15) is 19.2 Å². The first kappa shape index (κ1) is 16.3. The predicted octanol–water partition coefficient (Wildman–Crippen LogP) is -0.0205. The normalized spacial score (nSPS) is 16.0. The van der Waals surface area contributed by atoms with E-state index in [2.05, 4.69) is 5.32 Å².